The summed E-state index contributed by atoms with van der Waals surface area (Å²) in [6, 6.07) is 3.09. The molecule has 2 N–H and O–H groups in total. The normalized spacial score (nSPS) is 13.4. The zero-order valence-electron chi connectivity index (χ0n) is 18.2. The van der Waals surface area contributed by atoms with E-state index in [1.54, 1.807) is 32.1 Å². The third-order valence-corrected chi connectivity index (χ3v) is 6.04. The Hall–Kier alpha value is -2.64. The summed E-state index contributed by atoms with van der Waals surface area (Å²) in [6.45, 7) is 7.11. The molecule has 0 aliphatic carbocycles. The highest BCUT2D eigenvalue weighted by Crippen LogP contribution is 2.34. The molecule has 32 heavy (non-hydrogen) atoms. The Morgan fingerprint density at radius 2 is 2.19 bits per heavy atom. The van der Waals surface area contributed by atoms with Crippen LogP contribution in [0.5, 0.6) is 0 Å². The second kappa shape index (κ2) is 9.88. The van der Waals surface area contributed by atoms with E-state index in [0.717, 1.165) is 4.88 Å². The van der Waals surface area contributed by atoms with Crippen molar-refractivity contribution in [1.82, 2.24) is 15.3 Å². The fourth-order valence-electron chi connectivity index (χ4n) is 2.88. The summed E-state index contributed by atoms with van der Waals surface area (Å²) >= 11 is 5.09. The largest absolute Gasteiger partial charge is 0.454 e. The van der Waals surface area contributed by atoms with Gasteiger partial charge in [-0.15, -0.1) is 17.8 Å². The van der Waals surface area contributed by atoms with Crippen molar-refractivity contribution in [1.29, 1.82) is 0 Å². The Kier molecular flexibility index (Phi) is 7.41. The third kappa shape index (κ3) is 5.99. The summed E-state index contributed by atoms with van der Waals surface area (Å²) < 4.78 is 26.1. The molecule has 0 saturated heterocycles. The van der Waals surface area contributed by atoms with Crippen LogP contribution in [0.25, 0.3) is 11.1 Å². The first-order chi connectivity index (χ1) is 15.1. The lowest BCUT2D eigenvalue weighted by Crippen LogP contribution is -2.44. The first-order valence-corrected chi connectivity index (χ1v) is 11.6. The molecule has 170 valence electrons. The molecule has 0 spiro atoms. The number of carbonyl (C=O) groups excluding carboxylic acids is 1. The summed E-state index contributed by atoms with van der Waals surface area (Å²) in [6.07, 6.45) is 3.54. The molecule has 2 atom stereocenters. The second-order valence-electron chi connectivity index (χ2n) is 8.12. The molecule has 3 aromatic rings. The fraction of sp³-hybridized carbons (Fsp3) is 0.409. The van der Waals surface area contributed by atoms with Crippen molar-refractivity contribution in [2.45, 2.75) is 58.5 Å². The number of carbonyl (C=O) groups is 1. The number of rotatable bonds is 7. The molecule has 0 unspecified atom stereocenters. The number of alkyl carbamates (subject to hydrolysis) is 1. The highest BCUT2D eigenvalue weighted by atomic mass is 79.9. The van der Waals surface area contributed by atoms with Crippen LogP contribution in [-0.4, -0.2) is 33.9 Å². The van der Waals surface area contributed by atoms with Crippen LogP contribution in [0.1, 0.15) is 44.2 Å². The van der Waals surface area contributed by atoms with Gasteiger partial charge in [0.1, 0.15) is 23.0 Å². The number of aromatic nitrogens is 2. The molecule has 3 heterocycles. The van der Waals surface area contributed by atoms with Crippen molar-refractivity contribution in [2.75, 3.05) is 5.32 Å². The fourth-order valence-corrected chi connectivity index (χ4v) is 4.04. The molecule has 0 saturated carbocycles. The number of terminal acetylenes is 1. The number of amides is 1. The van der Waals surface area contributed by atoms with Gasteiger partial charge in [0.2, 0.25) is 5.82 Å². The Bertz CT molecular complexity index is 1130. The van der Waals surface area contributed by atoms with E-state index in [4.69, 9.17) is 15.6 Å². The van der Waals surface area contributed by atoms with Crippen LogP contribution in [0, 0.1) is 12.3 Å². The first-order valence-electron chi connectivity index (χ1n) is 9.92. The molecule has 0 aromatic carbocycles. The van der Waals surface area contributed by atoms with E-state index in [-0.39, 0.29) is 12.2 Å². The monoisotopic (exact) mass is 522 g/mol. The SMILES string of the molecule is C#Cc1nc(NCc2cccs2)c2oc(C[C@@H](NC(=O)OC(C)(C)C)[C@H](C)F)c(Br)c2n1. The van der Waals surface area contributed by atoms with Gasteiger partial charge in [-0.05, 0) is 61.0 Å². The smallest absolute Gasteiger partial charge is 0.407 e. The van der Waals surface area contributed by atoms with Gasteiger partial charge in [0, 0.05) is 11.3 Å². The van der Waals surface area contributed by atoms with Crippen LogP contribution in [0.15, 0.2) is 26.4 Å². The van der Waals surface area contributed by atoms with E-state index < -0.39 is 23.9 Å². The van der Waals surface area contributed by atoms with Crippen molar-refractivity contribution < 1.29 is 18.3 Å². The van der Waals surface area contributed by atoms with Gasteiger partial charge in [0.15, 0.2) is 11.4 Å². The van der Waals surface area contributed by atoms with Crippen molar-refractivity contribution >= 4 is 50.3 Å². The molecule has 7 nitrogen and oxygen atoms in total. The number of nitrogens with one attached hydrogen (secondary N) is 2. The van der Waals surface area contributed by atoms with Crippen molar-refractivity contribution in [3.05, 3.63) is 38.4 Å². The molecule has 0 bridgehead atoms. The summed E-state index contributed by atoms with van der Waals surface area (Å²) in [4.78, 5) is 22.0. The first kappa shape index (κ1) is 24.0. The molecule has 1 amide bonds. The molecule has 3 rings (SSSR count). The highest BCUT2D eigenvalue weighted by Gasteiger charge is 2.27. The van der Waals surface area contributed by atoms with Gasteiger partial charge >= 0.3 is 6.09 Å². The van der Waals surface area contributed by atoms with Crippen LogP contribution in [0.2, 0.25) is 0 Å². The number of halogens is 2. The number of thiophene rings is 1. The number of fused-ring (bicyclic) bond motifs is 1. The number of furan rings is 1. The van der Waals surface area contributed by atoms with Gasteiger partial charge in [0.05, 0.1) is 17.1 Å². The molecule has 0 fully saturated rings. The number of hydrogen-bond acceptors (Lipinski definition) is 7. The third-order valence-electron chi connectivity index (χ3n) is 4.34. The van der Waals surface area contributed by atoms with Crippen LogP contribution < -0.4 is 10.6 Å². The minimum absolute atomic E-state index is 0.0730. The van der Waals surface area contributed by atoms with Crippen molar-refractivity contribution in [3.63, 3.8) is 0 Å². The van der Waals surface area contributed by atoms with E-state index in [9.17, 15) is 9.18 Å². The van der Waals surface area contributed by atoms with Crippen LogP contribution in [0.3, 0.4) is 0 Å². The highest BCUT2D eigenvalue weighted by molar-refractivity contribution is 9.10. The standard InChI is InChI=1S/C22H24BrFN4O3S/c1-6-16-27-18-17(23)15(10-14(12(2)24)26-21(29)31-22(3,4)5)30-19(18)20(28-16)25-11-13-8-7-9-32-13/h1,7-9,12,14H,10-11H2,2-5H3,(H,26,29)(H,25,27,28)/t12-,14+/m0/s1. The van der Waals surface area contributed by atoms with E-state index >= 15 is 0 Å². The summed E-state index contributed by atoms with van der Waals surface area (Å²) in [7, 11) is 0. The summed E-state index contributed by atoms with van der Waals surface area (Å²) in [5.74, 6) is 3.48. The predicted molar refractivity (Wildman–Crippen MR) is 127 cm³/mol. The lowest BCUT2D eigenvalue weighted by Gasteiger charge is -2.24. The number of nitrogens with zero attached hydrogens (tertiary/aromatic N) is 2. The van der Waals surface area contributed by atoms with Gasteiger partial charge in [-0.1, -0.05) is 6.07 Å². The summed E-state index contributed by atoms with van der Waals surface area (Å²) in [5, 5.41) is 7.78. The number of anilines is 1. The van der Waals surface area contributed by atoms with Gasteiger partial charge in [-0.3, -0.25) is 0 Å². The van der Waals surface area contributed by atoms with Gasteiger partial charge < -0.3 is 19.8 Å². The van der Waals surface area contributed by atoms with Crippen molar-refractivity contribution in [2.24, 2.45) is 0 Å². The average Bonchev–Trinajstić information content (AvgIpc) is 3.33. The number of ether oxygens (including phenoxy) is 1. The Morgan fingerprint density at radius 3 is 2.78 bits per heavy atom. The molecular weight excluding hydrogens is 499 g/mol. The van der Waals surface area contributed by atoms with E-state index in [0.29, 0.717) is 33.7 Å². The van der Waals surface area contributed by atoms with Gasteiger partial charge in [-0.25, -0.2) is 14.2 Å². The maximum absolute atomic E-state index is 14.3. The minimum Gasteiger partial charge on any atom is -0.454 e. The molecule has 0 aliphatic heterocycles. The maximum atomic E-state index is 14.3. The van der Waals surface area contributed by atoms with Gasteiger partial charge in [0.25, 0.3) is 0 Å². The average molecular weight is 523 g/mol. The molecule has 0 aliphatic rings. The quantitative estimate of drug-likeness (QED) is 0.402. The van der Waals surface area contributed by atoms with E-state index in [2.05, 4.69) is 42.5 Å². The number of alkyl halides is 1. The molecule has 0 radical (unpaired) electrons. The zero-order chi connectivity index (χ0) is 23.5. The lowest BCUT2D eigenvalue weighted by atomic mass is 10.1. The number of hydrogen-bond donors (Lipinski definition) is 2. The van der Waals surface area contributed by atoms with Crippen LogP contribution in [0.4, 0.5) is 15.0 Å². The van der Waals surface area contributed by atoms with Crippen LogP contribution >= 0.6 is 27.3 Å². The Balaban J connectivity index is 1.89. The van der Waals surface area contributed by atoms with Crippen molar-refractivity contribution in [3.8, 4) is 12.3 Å². The molecule has 10 heteroatoms. The predicted octanol–water partition coefficient (Wildman–Crippen LogP) is 5.43. The summed E-state index contributed by atoms with van der Waals surface area (Å²) in [5.41, 5.74) is 0.169. The second-order valence-corrected chi connectivity index (χ2v) is 9.95. The minimum atomic E-state index is -1.36. The van der Waals surface area contributed by atoms with Gasteiger partial charge in [-0.2, -0.15) is 4.98 Å². The van der Waals surface area contributed by atoms with E-state index in [1.165, 1.54) is 6.92 Å². The maximum Gasteiger partial charge on any atom is 0.407 e. The zero-order valence-corrected chi connectivity index (χ0v) is 20.6. The Labute approximate surface area is 198 Å². The van der Waals surface area contributed by atoms with Crippen LogP contribution in [-0.2, 0) is 17.7 Å². The van der Waals surface area contributed by atoms with E-state index in [1.807, 2.05) is 17.5 Å². The lowest BCUT2D eigenvalue weighted by molar-refractivity contribution is 0.0476. The molecular formula is C22H24BrFN4O3S. The Morgan fingerprint density at radius 1 is 1.44 bits per heavy atom. The topological polar surface area (TPSA) is 89.3 Å². The molecule has 3 aromatic heterocycles.